The molecule has 0 heterocycles. The van der Waals surface area contributed by atoms with Crippen molar-refractivity contribution in [1.29, 1.82) is 0 Å². The van der Waals surface area contributed by atoms with E-state index in [1.165, 1.54) is 5.56 Å². The minimum Gasteiger partial charge on any atom is -0.331 e. The maximum atomic E-state index is 12.7. The number of hydrogen-bond acceptors (Lipinski definition) is 1. The van der Waals surface area contributed by atoms with E-state index in [0.717, 1.165) is 24.0 Å². The van der Waals surface area contributed by atoms with Gasteiger partial charge in [-0.05, 0) is 37.5 Å². The lowest BCUT2D eigenvalue weighted by Gasteiger charge is -2.23. The van der Waals surface area contributed by atoms with Gasteiger partial charge in [0.2, 0.25) is 0 Å². The molecular weight excluding hydrogens is 246 g/mol. The van der Waals surface area contributed by atoms with Gasteiger partial charge in [-0.25, -0.2) is 0 Å². The van der Waals surface area contributed by atoms with E-state index in [9.17, 15) is 4.79 Å². The second-order valence-corrected chi connectivity index (χ2v) is 5.52. The molecule has 0 atom stereocenters. The van der Waals surface area contributed by atoms with Crippen molar-refractivity contribution < 1.29 is 4.79 Å². The molecule has 0 N–H and O–H groups in total. The van der Waals surface area contributed by atoms with Gasteiger partial charge in [-0.1, -0.05) is 48.0 Å². The Labute approximate surface area is 120 Å². The molecule has 102 valence electrons. The SMILES string of the molecule is Cc1cccc(C(=O)N(Cc2ccccc2)C2CC2)c1. The van der Waals surface area contributed by atoms with Crippen molar-refractivity contribution in [2.75, 3.05) is 0 Å². The second kappa shape index (κ2) is 5.49. The van der Waals surface area contributed by atoms with Crippen molar-refractivity contribution >= 4 is 5.91 Å². The third-order valence-corrected chi connectivity index (χ3v) is 3.71. The number of rotatable bonds is 4. The lowest BCUT2D eigenvalue weighted by molar-refractivity contribution is 0.0730. The number of carbonyl (C=O) groups is 1. The Morgan fingerprint density at radius 3 is 2.50 bits per heavy atom. The van der Waals surface area contributed by atoms with Crippen LogP contribution in [-0.4, -0.2) is 16.8 Å². The molecule has 0 aromatic heterocycles. The highest BCUT2D eigenvalue weighted by molar-refractivity contribution is 5.94. The van der Waals surface area contributed by atoms with Crippen LogP contribution >= 0.6 is 0 Å². The molecule has 1 saturated carbocycles. The van der Waals surface area contributed by atoms with Crippen molar-refractivity contribution in [3.05, 3.63) is 71.3 Å². The van der Waals surface area contributed by atoms with Gasteiger partial charge in [-0.2, -0.15) is 0 Å². The van der Waals surface area contributed by atoms with Gasteiger partial charge in [-0.3, -0.25) is 4.79 Å². The number of hydrogen-bond donors (Lipinski definition) is 0. The second-order valence-electron chi connectivity index (χ2n) is 5.52. The summed E-state index contributed by atoms with van der Waals surface area (Å²) in [6.07, 6.45) is 2.26. The van der Waals surface area contributed by atoms with Crippen LogP contribution < -0.4 is 0 Å². The molecule has 0 aliphatic heterocycles. The number of carbonyl (C=O) groups excluding carboxylic acids is 1. The predicted octanol–water partition coefficient (Wildman–Crippen LogP) is 3.80. The van der Waals surface area contributed by atoms with Crippen molar-refractivity contribution in [3.63, 3.8) is 0 Å². The Morgan fingerprint density at radius 1 is 1.10 bits per heavy atom. The summed E-state index contributed by atoms with van der Waals surface area (Å²) in [5.74, 6) is 0.153. The number of benzene rings is 2. The Bertz CT molecular complexity index is 602. The van der Waals surface area contributed by atoms with Crippen LogP contribution in [0.15, 0.2) is 54.6 Å². The number of aryl methyl sites for hydroxylation is 1. The van der Waals surface area contributed by atoms with Crippen molar-refractivity contribution in [1.82, 2.24) is 4.90 Å². The van der Waals surface area contributed by atoms with E-state index in [4.69, 9.17) is 0 Å². The summed E-state index contributed by atoms with van der Waals surface area (Å²) >= 11 is 0. The average molecular weight is 265 g/mol. The molecule has 1 aliphatic rings. The molecule has 0 spiro atoms. The maximum absolute atomic E-state index is 12.7. The van der Waals surface area contributed by atoms with Gasteiger partial charge in [-0.15, -0.1) is 0 Å². The average Bonchev–Trinajstić information content (AvgIpc) is 3.30. The van der Waals surface area contributed by atoms with E-state index in [2.05, 4.69) is 12.1 Å². The van der Waals surface area contributed by atoms with Crippen LogP contribution in [0, 0.1) is 6.92 Å². The fourth-order valence-electron chi connectivity index (χ4n) is 2.48. The molecular formula is C18H19NO. The maximum Gasteiger partial charge on any atom is 0.254 e. The highest BCUT2D eigenvalue weighted by Crippen LogP contribution is 2.29. The monoisotopic (exact) mass is 265 g/mol. The van der Waals surface area contributed by atoms with Gasteiger partial charge in [0.05, 0.1) is 0 Å². The van der Waals surface area contributed by atoms with Gasteiger partial charge >= 0.3 is 0 Å². The molecule has 1 amide bonds. The molecule has 2 aromatic rings. The Hall–Kier alpha value is -2.09. The quantitative estimate of drug-likeness (QED) is 0.823. The Morgan fingerprint density at radius 2 is 1.85 bits per heavy atom. The van der Waals surface area contributed by atoms with Crippen LogP contribution in [0.25, 0.3) is 0 Å². The van der Waals surface area contributed by atoms with Crippen molar-refractivity contribution in [3.8, 4) is 0 Å². The van der Waals surface area contributed by atoms with Crippen molar-refractivity contribution in [2.24, 2.45) is 0 Å². The third kappa shape index (κ3) is 2.90. The summed E-state index contributed by atoms with van der Waals surface area (Å²) in [6.45, 7) is 2.73. The summed E-state index contributed by atoms with van der Waals surface area (Å²) in [7, 11) is 0. The summed E-state index contributed by atoms with van der Waals surface area (Å²) in [5.41, 5.74) is 3.12. The van der Waals surface area contributed by atoms with Crippen LogP contribution in [0.4, 0.5) is 0 Å². The molecule has 2 heteroatoms. The minimum atomic E-state index is 0.153. The summed E-state index contributed by atoms with van der Waals surface area (Å²) < 4.78 is 0. The van der Waals surface area contributed by atoms with E-state index in [-0.39, 0.29) is 5.91 Å². The van der Waals surface area contributed by atoms with Crippen LogP contribution in [0.3, 0.4) is 0 Å². The van der Waals surface area contributed by atoms with Crippen LogP contribution in [-0.2, 0) is 6.54 Å². The molecule has 20 heavy (non-hydrogen) atoms. The summed E-state index contributed by atoms with van der Waals surface area (Å²) in [5, 5.41) is 0. The first-order chi connectivity index (χ1) is 9.74. The first kappa shape index (κ1) is 12.9. The highest BCUT2D eigenvalue weighted by atomic mass is 16.2. The van der Waals surface area contributed by atoms with Gasteiger partial charge in [0.1, 0.15) is 0 Å². The largest absolute Gasteiger partial charge is 0.331 e. The van der Waals surface area contributed by atoms with Gasteiger partial charge in [0.15, 0.2) is 0 Å². The predicted molar refractivity (Wildman–Crippen MR) is 80.5 cm³/mol. The Kier molecular flexibility index (Phi) is 3.55. The van der Waals surface area contributed by atoms with E-state index in [1.54, 1.807) is 0 Å². The molecule has 0 unspecified atom stereocenters. The topological polar surface area (TPSA) is 20.3 Å². The molecule has 0 saturated heterocycles. The molecule has 1 aliphatic carbocycles. The van der Waals surface area contributed by atoms with E-state index >= 15 is 0 Å². The molecule has 1 fully saturated rings. The van der Waals surface area contributed by atoms with Gasteiger partial charge in [0.25, 0.3) is 5.91 Å². The highest BCUT2D eigenvalue weighted by Gasteiger charge is 2.32. The first-order valence-electron chi connectivity index (χ1n) is 7.15. The normalized spacial score (nSPS) is 14.1. The zero-order chi connectivity index (χ0) is 13.9. The fourth-order valence-corrected chi connectivity index (χ4v) is 2.48. The number of amides is 1. The van der Waals surface area contributed by atoms with E-state index in [1.807, 2.05) is 54.3 Å². The summed E-state index contributed by atoms with van der Waals surface area (Å²) in [6, 6.07) is 18.5. The van der Waals surface area contributed by atoms with Gasteiger partial charge < -0.3 is 4.90 Å². The first-order valence-corrected chi connectivity index (χ1v) is 7.15. The lowest BCUT2D eigenvalue weighted by atomic mass is 10.1. The van der Waals surface area contributed by atoms with Crippen LogP contribution in [0.2, 0.25) is 0 Å². The Balaban J connectivity index is 1.82. The fraction of sp³-hybridized carbons (Fsp3) is 0.278. The number of nitrogens with zero attached hydrogens (tertiary/aromatic N) is 1. The third-order valence-electron chi connectivity index (χ3n) is 3.71. The molecule has 3 rings (SSSR count). The zero-order valence-corrected chi connectivity index (χ0v) is 11.8. The van der Waals surface area contributed by atoms with Crippen molar-refractivity contribution in [2.45, 2.75) is 32.4 Å². The molecule has 2 nitrogen and oxygen atoms in total. The van der Waals surface area contributed by atoms with E-state index in [0.29, 0.717) is 12.6 Å². The zero-order valence-electron chi connectivity index (χ0n) is 11.8. The van der Waals surface area contributed by atoms with Crippen LogP contribution in [0.1, 0.15) is 34.3 Å². The van der Waals surface area contributed by atoms with Gasteiger partial charge in [0, 0.05) is 18.2 Å². The lowest BCUT2D eigenvalue weighted by Crippen LogP contribution is -2.32. The van der Waals surface area contributed by atoms with Crippen LogP contribution in [0.5, 0.6) is 0 Å². The molecule has 0 bridgehead atoms. The molecule has 0 radical (unpaired) electrons. The smallest absolute Gasteiger partial charge is 0.254 e. The van der Waals surface area contributed by atoms with E-state index < -0.39 is 0 Å². The molecule has 2 aromatic carbocycles. The standard InChI is InChI=1S/C18H19NO/c1-14-6-5-9-16(12-14)18(20)19(17-10-11-17)13-15-7-3-2-4-8-15/h2-9,12,17H,10-11,13H2,1H3. The summed E-state index contributed by atoms with van der Waals surface area (Å²) in [4.78, 5) is 14.7. The minimum absolute atomic E-state index is 0.153.